The molecule has 4 rings (SSSR count). The van der Waals surface area contributed by atoms with Gasteiger partial charge in [0.25, 0.3) is 0 Å². The van der Waals surface area contributed by atoms with Crippen molar-refractivity contribution in [3.8, 4) is 0 Å². The number of fused-ring (bicyclic) bond motifs is 1. The lowest BCUT2D eigenvalue weighted by Gasteiger charge is -2.36. The van der Waals surface area contributed by atoms with Gasteiger partial charge in [-0.05, 0) is 25.0 Å². The molecule has 2 aromatic rings. The quantitative estimate of drug-likeness (QED) is 0.785. The van der Waals surface area contributed by atoms with Crippen molar-refractivity contribution in [2.75, 3.05) is 32.8 Å². The summed E-state index contributed by atoms with van der Waals surface area (Å²) in [4.78, 5) is 29.0. The van der Waals surface area contributed by atoms with Crippen molar-refractivity contribution in [1.82, 2.24) is 24.8 Å². The number of morpholine rings is 1. The van der Waals surface area contributed by atoms with Crippen molar-refractivity contribution < 1.29 is 14.3 Å². The van der Waals surface area contributed by atoms with Crippen LogP contribution in [0.4, 0.5) is 0 Å². The monoisotopic (exact) mass is 371 g/mol. The van der Waals surface area contributed by atoms with E-state index in [2.05, 4.69) is 10.3 Å². The van der Waals surface area contributed by atoms with Gasteiger partial charge >= 0.3 is 0 Å². The zero-order valence-corrected chi connectivity index (χ0v) is 15.4. The van der Waals surface area contributed by atoms with E-state index in [1.165, 1.54) is 0 Å². The van der Waals surface area contributed by atoms with Gasteiger partial charge in [-0.1, -0.05) is 17.3 Å². The van der Waals surface area contributed by atoms with Crippen LogP contribution in [0.25, 0.3) is 11.0 Å². The first kappa shape index (κ1) is 17.9. The van der Waals surface area contributed by atoms with Crippen LogP contribution >= 0.6 is 0 Å². The predicted octanol–water partition coefficient (Wildman–Crippen LogP) is 1.06. The molecule has 27 heavy (non-hydrogen) atoms. The van der Waals surface area contributed by atoms with Gasteiger partial charge in [0.15, 0.2) is 0 Å². The molecule has 0 radical (unpaired) electrons. The Hall–Kier alpha value is -2.48. The Morgan fingerprint density at radius 1 is 1.11 bits per heavy atom. The summed E-state index contributed by atoms with van der Waals surface area (Å²) in [5.74, 6) is 0.167. The summed E-state index contributed by atoms with van der Waals surface area (Å²) in [6.07, 6.45) is 2.82. The van der Waals surface area contributed by atoms with Crippen molar-refractivity contribution >= 4 is 22.8 Å². The highest BCUT2D eigenvalue weighted by Crippen LogP contribution is 2.17. The van der Waals surface area contributed by atoms with Crippen molar-refractivity contribution in [2.24, 2.45) is 0 Å². The SMILES string of the molecule is O=C(C[C@H]1COCCN1C(=O)CCn1nnc2ccccc21)N1CCCC1. The predicted molar refractivity (Wildman–Crippen MR) is 98.9 cm³/mol. The zero-order valence-electron chi connectivity index (χ0n) is 15.4. The first-order chi connectivity index (χ1) is 13.2. The number of aryl methyl sites for hydroxylation is 1. The number of ether oxygens (including phenoxy) is 1. The highest BCUT2D eigenvalue weighted by atomic mass is 16.5. The van der Waals surface area contributed by atoms with Gasteiger partial charge in [-0.25, -0.2) is 4.68 Å². The van der Waals surface area contributed by atoms with E-state index in [1.54, 1.807) is 4.68 Å². The number of hydrogen-bond acceptors (Lipinski definition) is 5. The van der Waals surface area contributed by atoms with E-state index in [-0.39, 0.29) is 17.9 Å². The van der Waals surface area contributed by atoms with Crippen LogP contribution < -0.4 is 0 Å². The fraction of sp³-hybridized carbons (Fsp3) is 0.579. The second kappa shape index (κ2) is 8.04. The molecule has 144 valence electrons. The molecule has 2 aliphatic heterocycles. The highest BCUT2D eigenvalue weighted by Gasteiger charge is 2.31. The van der Waals surface area contributed by atoms with Gasteiger partial charge in [0.2, 0.25) is 11.8 Å². The number of para-hydroxylation sites is 1. The Balaban J connectivity index is 1.37. The van der Waals surface area contributed by atoms with Crippen LogP contribution in [0.1, 0.15) is 25.7 Å². The Bertz CT molecular complexity index is 815. The fourth-order valence-electron chi connectivity index (χ4n) is 3.88. The van der Waals surface area contributed by atoms with E-state index in [0.717, 1.165) is 37.0 Å². The Morgan fingerprint density at radius 3 is 2.78 bits per heavy atom. The van der Waals surface area contributed by atoms with Gasteiger partial charge in [0.05, 0.1) is 31.3 Å². The summed E-state index contributed by atoms with van der Waals surface area (Å²) >= 11 is 0. The molecule has 2 saturated heterocycles. The van der Waals surface area contributed by atoms with Gasteiger partial charge in [-0.15, -0.1) is 5.10 Å². The van der Waals surface area contributed by atoms with E-state index in [0.29, 0.717) is 39.1 Å². The minimum absolute atomic E-state index is 0.0390. The number of likely N-dealkylation sites (tertiary alicyclic amines) is 1. The smallest absolute Gasteiger partial charge is 0.224 e. The Morgan fingerprint density at radius 2 is 1.93 bits per heavy atom. The van der Waals surface area contributed by atoms with Crippen LogP contribution in [0, 0.1) is 0 Å². The van der Waals surface area contributed by atoms with Gasteiger partial charge in [-0.3, -0.25) is 9.59 Å². The van der Waals surface area contributed by atoms with Gasteiger partial charge in [-0.2, -0.15) is 0 Å². The van der Waals surface area contributed by atoms with Crippen molar-refractivity contribution in [1.29, 1.82) is 0 Å². The summed E-state index contributed by atoms with van der Waals surface area (Å²) in [7, 11) is 0. The number of carbonyl (C=O) groups excluding carboxylic acids is 2. The second-order valence-electron chi connectivity index (χ2n) is 7.16. The van der Waals surface area contributed by atoms with Crippen LogP contribution in [0.2, 0.25) is 0 Å². The third kappa shape index (κ3) is 3.95. The molecule has 1 atom stereocenters. The molecule has 8 heteroatoms. The molecule has 0 aliphatic carbocycles. The molecule has 0 N–H and O–H groups in total. The lowest BCUT2D eigenvalue weighted by atomic mass is 10.1. The maximum Gasteiger partial charge on any atom is 0.224 e. The molecule has 2 amide bonds. The molecule has 2 fully saturated rings. The molecule has 1 aromatic carbocycles. The fourth-order valence-corrected chi connectivity index (χ4v) is 3.88. The normalized spacial score (nSPS) is 20.4. The van der Waals surface area contributed by atoms with E-state index in [4.69, 9.17) is 4.74 Å². The van der Waals surface area contributed by atoms with Crippen molar-refractivity contribution in [3.63, 3.8) is 0 Å². The number of carbonyl (C=O) groups is 2. The third-order valence-corrected chi connectivity index (χ3v) is 5.37. The van der Waals surface area contributed by atoms with Crippen LogP contribution in [-0.2, 0) is 20.9 Å². The number of aromatic nitrogens is 3. The summed E-state index contributed by atoms with van der Waals surface area (Å²) in [5.41, 5.74) is 1.75. The van der Waals surface area contributed by atoms with E-state index in [1.807, 2.05) is 34.1 Å². The number of nitrogens with zero attached hydrogens (tertiary/aromatic N) is 5. The van der Waals surface area contributed by atoms with E-state index < -0.39 is 0 Å². The summed E-state index contributed by atoms with van der Waals surface area (Å²) in [6.45, 7) is 3.63. The van der Waals surface area contributed by atoms with E-state index >= 15 is 0 Å². The molecule has 8 nitrogen and oxygen atoms in total. The van der Waals surface area contributed by atoms with Crippen molar-refractivity contribution in [2.45, 2.75) is 38.3 Å². The minimum atomic E-state index is -0.174. The van der Waals surface area contributed by atoms with Gasteiger partial charge < -0.3 is 14.5 Å². The number of hydrogen-bond donors (Lipinski definition) is 0. The molecule has 0 spiro atoms. The molecule has 0 bridgehead atoms. The van der Waals surface area contributed by atoms with Crippen molar-refractivity contribution in [3.05, 3.63) is 24.3 Å². The average Bonchev–Trinajstić information content (AvgIpc) is 3.37. The first-order valence-corrected chi connectivity index (χ1v) is 9.65. The lowest BCUT2D eigenvalue weighted by molar-refractivity contribution is -0.143. The molecule has 0 saturated carbocycles. The minimum Gasteiger partial charge on any atom is -0.377 e. The summed E-state index contributed by atoms with van der Waals surface area (Å²) in [6, 6.07) is 7.54. The van der Waals surface area contributed by atoms with Crippen LogP contribution in [-0.4, -0.2) is 75.5 Å². The first-order valence-electron chi connectivity index (χ1n) is 9.65. The van der Waals surface area contributed by atoms with Crippen LogP contribution in [0.3, 0.4) is 0 Å². The summed E-state index contributed by atoms with van der Waals surface area (Å²) < 4.78 is 7.30. The average molecular weight is 371 g/mol. The number of benzene rings is 1. The van der Waals surface area contributed by atoms with Gasteiger partial charge in [0, 0.05) is 32.5 Å². The molecular formula is C19H25N5O3. The highest BCUT2D eigenvalue weighted by molar-refractivity contribution is 5.80. The Kier molecular flexibility index (Phi) is 5.33. The number of amides is 2. The molecular weight excluding hydrogens is 346 g/mol. The maximum absolute atomic E-state index is 12.8. The Labute approximate surface area is 158 Å². The zero-order chi connectivity index (χ0) is 18.6. The van der Waals surface area contributed by atoms with E-state index in [9.17, 15) is 9.59 Å². The topological polar surface area (TPSA) is 80.6 Å². The maximum atomic E-state index is 12.8. The van der Waals surface area contributed by atoms with Crippen LogP contribution in [0.5, 0.6) is 0 Å². The second-order valence-corrected chi connectivity index (χ2v) is 7.16. The largest absolute Gasteiger partial charge is 0.377 e. The van der Waals surface area contributed by atoms with Crippen LogP contribution in [0.15, 0.2) is 24.3 Å². The third-order valence-electron chi connectivity index (χ3n) is 5.37. The van der Waals surface area contributed by atoms with Gasteiger partial charge in [0.1, 0.15) is 5.52 Å². The number of rotatable bonds is 5. The molecule has 2 aliphatic rings. The molecule has 0 unspecified atom stereocenters. The summed E-state index contributed by atoms with van der Waals surface area (Å²) in [5, 5.41) is 8.27. The lowest BCUT2D eigenvalue weighted by Crippen LogP contribution is -2.50. The standard InChI is InChI=1S/C19H25N5O3/c25-18(7-10-24-17-6-2-1-5-16(17)20-21-24)23-11-12-27-14-15(23)13-19(26)22-8-3-4-9-22/h1-2,5-6,15H,3-4,7-14H2/t15-/m0/s1. The molecule has 1 aromatic heterocycles. The molecule has 3 heterocycles.